The Morgan fingerprint density at radius 2 is 1.87 bits per heavy atom. The maximum absolute atomic E-state index is 14.1. The second-order valence-electron chi connectivity index (χ2n) is 7.95. The first kappa shape index (κ1) is 20.1. The molecule has 1 N–H and O–H groups in total. The van der Waals surface area contributed by atoms with Crippen molar-refractivity contribution in [3.63, 3.8) is 0 Å². The first-order chi connectivity index (χ1) is 14.4. The number of hydrogen-bond acceptors (Lipinski definition) is 4. The summed E-state index contributed by atoms with van der Waals surface area (Å²) < 4.78 is 14.1. The number of nitrogens with zero attached hydrogens (tertiary/aromatic N) is 2. The second-order valence-corrected chi connectivity index (χ2v) is 7.95. The van der Waals surface area contributed by atoms with Crippen molar-refractivity contribution in [3.05, 3.63) is 65.0 Å². The van der Waals surface area contributed by atoms with Crippen molar-refractivity contribution < 1.29 is 18.8 Å². The Balaban J connectivity index is 1.50. The molecule has 0 radical (unpaired) electrons. The van der Waals surface area contributed by atoms with E-state index in [1.165, 1.54) is 6.07 Å². The number of nitrogens with one attached hydrogen (secondary N) is 1. The molecule has 30 heavy (non-hydrogen) atoms. The molecule has 1 atom stereocenters. The van der Waals surface area contributed by atoms with Crippen LogP contribution in [0.5, 0.6) is 0 Å². The van der Waals surface area contributed by atoms with E-state index in [4.69, 9.17) is 4.84 Å². The van der Waals surface area contributed by atoms with Gasteiger partial charge in [-0.05, 0) is 50.5 Å². The Morgan fingerprint density at radius 1 is 1.13 bits per heavy atom. The molecule has 6 nitrogen and oxygen atoms in total. The summed E-state index contributed by atoms with van der Waals surface area (Å²) in [5.74, 6) is -0.825. The van der Waals surface area contributed by atoms with Gasteiger partial charge in [-0.15, -0.1) is 0 Å². The van der Waals surface area contributed by atoms with Gasteiger partial charge >= 0.3 is 0 Å². The van der Waals surface area contributed by atoms with Crippen LogP contribution in [0.4, 0.5) is 10.1 Å². The number of oxime groups is 1. The van der Waals surface area contributed by atoms with Crippen LogP contribution in [0.2, 0.25) is 0 Å². The minimum absolute atomic E-state index is 0.0189. The van der Waals surface area contributed by atoms with E-state index in [1.54, 1.807) is 43.3 Å². The van der Waals surface area contributed by atoms with Crippen LogP contribution < -0.4 is 5.32 Å². The lowest BCUT2D eigenvalue weighted by atomic mass is 9.94. The Hall–Kier alpha value is -3.22. The molecule has 4 rings (SSSR count). The Kier molecular flexibility index (Phi) is 5.28. The summed E-state index contributed by atoms with van der Waals surface area (Å²) in [5.41, 5.74) is 1.28. The highest BCUT2D eigenvalue weighted by atomic mass is 19.1. The number of anilines is 1. The highest BCUT2D eigenvalue weighted by molar-refractivity contribution is 6.08. The van der Waals surface area contributed by atoms with Gasteiger partial charge < -0.3 is 15.1 Å². The maximum Gasteiger partial charge on any atom is 0.271 e. The van der Waals surface area contributed by atoms with Crippen molar-refractivity contribution >= 4 is 23.2 Å². The molecule has 7 heteroatoms. The lowest BCUT2D eigenvalue weighted by Crippen LogP contribution is -2.40. The fraction of sp³-hybridized carbons (Fsp3) is 0.348. The molecule has 0 bridgehead atoms. The molecule has 1 saturated heterocycles. The topological polar surface area (TPSA) is 71.0 Å². The molecule has 0 aromatic heterocycles. The van der Waals surface area contributed by atoms with Gasteiger partial charge in [-0.3, -0.25) is 9.59 Å². The number of halogens is 1. The zero-order valence-electron chi connectivity index (χ0n) is 17.1. The van der Waals surface area contributed by atoms with Crippen LogP contribution in [0.1, 0.15) is 47.7 Å². The van der Waals surface area contributed by atoms with Crippen LogP contribution in [0.3, 0.4) is 0 Å². The van der Waals surface area contributed by atoms with E-state index >= 15 is 0 Å². The summed E-state index contributed by atoms with van der Waals surface area (Å²) >= 11 is 0. The van der Waals surface area contributed by atoms with Gasteiger partial charge in [0.15, 0.2) is 0 Å². The summed E-state index contributed by atoms with van der Waals surface area (Å²) in [7, 11) is 0. The fourth-order valence-electron chi connectivity index (χ4n) is 3.85. The third-order valence-electron chi connectivity index (χ3n) is 5.73. The maximum atomic E-state index is 14.1. The molecule has 156 valence electrons. The van der Waals surface area contributed by atoms with E-state index in [0.717, 1.165) is 25.9 Å². The number of rotatable bonds is 4. The van der Waals surface area contributed by atoms with Crippen molar-refractivity contribution in [1.82, 2.24) is 4.90 Å². The average molecular weight is 409 g/mol. The van der Waals surface area contributed by atoms with Crippen LogP contribution in [-0.2, 0) is 9.63 Å². The average Bonchev–Trinajstić information content (AvgIpc) is 3.40. The van der Waals surface area contributed by atoms with E-state index in [9.17, 15) is 14.0 Å². The molecule has 1 fully saturated rings. The van der Waals surface area contributed by atoms with E-state index in [0.29, 0.717) is 28.1 Å². The third-order valence-corrected chi connectivity index (χ3v) is 5.73. The summed E-state index contributed by atoms with van der Waals surface area (Å²) in [5, 5.41) is 6.82. The molecule has 2 aliphatic heterocycles. The zero-order valence-corrected chi connectivity index (χ0v) is 17.1. The van der Waals surface area contributed by atoms with Crippen molar-refractivity contribution in [3.8, 4) is 0 Å². The smallest absolute Gasteiger partial charge is 0.271 e. The van der Waals surface area contributed by atoms with Crippen molar-refractivity contribution in [2.45, 2.75) is 38.7 Å². The van der Waals surface area contributed by atoms with E-state index in [-0.39, 0.29) is 12.3 Å². The van der Waals surface area contributed by atoms with Crippen LogP contribution in [0.15, 0.2) is 47.6 Å². The van der Waals surface area contributed by atoms with Crippen LogP contribution >= 0.6 is 0 Å². The van der Waals surface area contributed by atoms with Crippen molar-refractivity contribution in [1.29, 1.82) is 0 Å². The lowest BCUT2D eigenvalue weighted by Gasteiger charge is -2.22. The molecule has 2 aromatic carbocycles. The van der Waals surface area contributed by atoms with E-state index in [1.807, 2.05) is 11.8 Å². The molecule has 2 aromatic rings. The summed E-state index contributed by atoms with van der Waals surface area (Å²) in [4.78, 5) is 33.0. The van der Waals surface area contributed by atoms with E-state index < -0.39 is 17.3 Å². The first-order valence-corrected chi connectivity index (χ1v) is 10.1. The lowest BCUT2D eigenvalue weighted by molar-refractivity contribution is -0.135. The minimum atomic E-state index is -1.26. The van der Waals surface area contributed by atoms with Gasteiger partial charge in [0.05, 0.1) is 5.71 Å². The number of carbonyl (C=O) groups is 2. The summed E-state index contributed by atoms with van der Waals surface area (Å²) in [6, 6.07) is 11.6. The minimum Gasteiger partial charge on any atom is -0.379 e. The molecule has 0 spiro atoms. The third kappa shape index (κ3) is 3.67. The first-order valence-electron chi connectivity index (χ1n) is 10.1. The largest absolute Gasteiger partial charge is 0.379 e. The second kappa shape index (κ2) is 7.89. The van der Waals surface area contributed by atoms with Crippen molar-refractivity contribution in [2.75, 3.05) is 18.4 Å². The predicted octanol–water partition coefficient (Wildman–Crippen LogP) is 3.89. The molecule has 2 aliphatic rings. The highest BCUT2D eigenvalue weighted by Gasteiger charge is 2.43. The van der Waals surface area contributed by atoms with Gasteiger partial charge in [-0.25, -0.2) is 4.39 Å². The monoisotopic (exact) mass is 409 g/mol. The Morgan fingerprint density at radius 3 is 2.60 bits per heavy atom. The SMILES string of the molecule is Cc1c(NC(=O)C2(C)CC(c3ccccc3F)=NO2)cccc1C(=O)N1CCCC1. The van der Waals surface area contributed by atoms with Crippen molar-refractivity contribution in [2.24, 2.45) is 5.16 Å². The van der Waals surface area contributed by atoms with Gasteiger partial charge in [0, 0.05) is 36.3 Å². The van der Waals surface area contributed by atoms with Gasteiger partial charge in [-0.1, -0.05) is 29.4 Å². The molecule has 0 aliphatic carbocycles. The summed E-state index contributed by atoms with van der Waals surface area (Å²) in [6.45, 7) is 4.96. The van der Waals surface area contributed by atoms with Gasteiger partial charge in [0.1, 0.15) is 5.82 Å². The van der Waals surface area contributed by atoms with Gasteiger partial charge in [-0.2, -0.15) is 0 Å². The fourth-order valence-corrected chi connectivity index (χ4v) is 3.85. The molecular formula is C23H24FN3O3. The molecular weight excluding hydrogens is 385 g/mol. The summed E-state index contributed by atoms with van der Waals surface area (Å²) in [6.07, 6.45) is 2.17. The molecule has 2 heterocycles. The normalized spacial score (nSPS) is 20.6. The number of amides is 2. The predicted molar refractivity (Wildman–Crippen MR) is 112 cm³/mol. The zero-order chi connectivity index (χ0) is 21.3. The Labute approximate surface area is 174 Å². The van der Waals surface area contributed by atoms with Crippen LogP contribution in [0, 0.1) is 12.7 Å². The van der Waals surface area contributed by atoms with E-state index in [2.05, 4.69) is 10.5 Å². The standard InChI is InChI=1S/C23H24FN3O3/c1-15-16(21(28)27-12-5-6-13-27)9-7-11-19(15)25-22(29)23(2)14-20(26-30-23)17-8-3-4-10-18(17)24/h3-4,7-11H,5-6,12-14H2,1-2H3,(H,25,29). The van der Waals surface area contributed by atoms with Gasteiger partial charge in [0.2, 0.25) is 5.60 Å². The molecule has 0 saturated carbocycles. The Bertz CT molecular complexity index is 1030. The van der Waals surface area contributed by atoms with Crippen LogP contribution in [-0.4, -0.2) is 41.1 Å². The number of benzene rings is 2. The highest BCUT2D eigenvalue weighted by Crippen LogP contribution is 2.30. The van der Waals surface area contributed by atoms with Crippen LogP contribution in [0.25, 0.3) is 0 Å². The molecule has 2 amide bonds. The number of carbonyl (C=O) groups excluding carboxylic acids is 2. The number of hydrogen-bond donors (Lipinski definition) is 1. The molecule has 1 unspecified atom stereocenters. The van der Waals surface area contributed by atoms with Gasteiger partial charge in [0.25, 0.3) is 11.8 Å². The number of likely N-dealkylation sites (tertiary alicyclic amines) is 1. The quantitative estimate of drug-likeness (QED) is 0.833.